The predicted molar refractivity (Wildman–Crippen MR) is 92.3 cm³/mol. The first kappa shape index (κ1) is 16.3. The van der Waals surface area contributed by atoms with Crippen molar-refractivity contribution in [1.29, 1.82) is 5.41 Å². The third-order valence-electron chi connectivity index (χ3n) is 3.91. The molecule has 1 aliphatic heterocycles. The highest BCUT2D eigenvalue weighted by Gasteiger charge is 2.13. The van der Waals surface area contributed by atoms with Crippen LogP contribution < -0.4 is 15.6 Å². The van der Waals surface area contributed by atoms with Crippen molar-refractivity contribution in [1.82, 2.24) is 20.3 Å². The summed E-state index contributed by atoms with van der Waals surface area (Å²) in [5.74, 6) is 0.519. The average Bonchev–Trinajstić information content (AvgIpc) is 2.62. The molecule has 1 saturated heterocycles. The number of hydrogen-bond acceptors (Lipinski definition) is 7. The van der Waals surface area contributed by atoms with Crippen LogP contribution in [-0.4, -0.2) is 53.1 Å². The molecule has 3 heterocycles. The van der Waals surface area contributed by atoms with Crippen LogP contribution in [0.25, 0.3) is 10.9 Å². The lowest BCUT2D eigenvalue weighted by Crippen LogP contribution is -2.31. The summed E-state index contributed by atoms with van der Waals surface area (Å²) in [5.41, 5.74) is 0.150. The molecule has 0 radical (unpaired) electrons. The minimum Gasteiger partial charge on any atom is -0.450 e. The smallest absolute Gasteiger partial charge is 0.298 e. The lowest BCUT2D eigenvalue weighted by molar-refractivity contribution is 0.308. The summed E-state index contributed by atoms with van der Waals surface area (Å²) in [7, 11) is 0. The first-order chi connectivity index (χ1) is 11.8. The largest absolute Gasteiger partial charge is 0.450 e. The number of H-pyrrole nitrogens is 1. The molecule has 8 heteroatoms. The highest BCUT2D eigenvalue weighted by molar-refractivity contribution is 5.85. The molecule has 2 unspecified atom stereocenters. The molecule has 8 nitrogen and oxygen atoms in total. The van der Waals surface area contributed by atoms with Crippen molar-refractivity contribution in [2.75, 3.05) is 19.6 Å². The van der Waals surface area contributed by atoms with Crippen LogP contribution in [0, 0.1) is 11.3 Å². The molecule has 126 valence electrons. The summed E-state index contributed by atoms with van der Waals surface area (Å²) in [5, 5.41) is 11.3. The summed E-state index contributed by atoms with van der Waals surface area (Å²) in [4.78, 5) is 27.1. The summed E-state index contributed by atoms with van der Waals surface area (Å²) >= 11 is 0. The van der Waals surface area contributed by atoms with Crippen LogP contribution in [0.1, 0.15) is 12.8 Å². The van der Waals surface area contributed by atoms with Crippen molar-refractivity contribution in [3.8, 4) is 6.01 Å². The van der Waals surface area contributed by atoms with E-state index in [1.54, 1.807) is 12.3 Å². The Balaban J connectivity index is 1.66. The maximum atomic E-state index is 12.0. The number of piperidine rings is 1. The van der Waals surface area contributed by atoms with Gasteiger partial charge in [-0.25, -0.2) is 0 Å². The zero-order chi connectivity index (χ0) is 16.8. The Morgan fingerprint density at radius 3 is 3.25 bits per heavy atom. The molecular weight excluding hydrogens is 308 g/mol. The zero-order valence-corrected chi connectivity index (χ0v) is 13.2. The maximum absolute atomic E-state index is 12.0. The second-order valence-electron chi connectivity index (χ2n) is 5.74. The molecule has 3 N–H and O–H groups in total. The van der Waals surface area contributed by atoms with E-state index < -0.39 is 6.10 Å². The molecule has 0 saturated carbocycles. The van der Waals surface area contributed by atoms with Crippen molar-refractivity contribution in [3.63, 3.8) is 0 Å². The summed E-state index contributed by atoms with van der Waals surface area (Å²) in [6.07, 6.45) is 7.39. The molecule has 24 heavy (non-hydrogen) atoms. The Labute approximate surface area is 138 Å². The van der Waals surface area contributed by atoms with Gasteiger partial charge in [-0.05, 0) is 37.9 Å². The quantitative estimate of drug-likeness (QED) is 0.678. The summed E-state index contributed by atoms with van der Waals surface area (Å²) in [6, 6.07) is 1.65. The van der Waals surface area contributed by atoms with E-state index in [0.717, 1.165) is 25.7 Å². The van der Waals surface area contributed by atoms with Gasteiger partial charge in [0.15, 0.2) is 6.10 Å². The van der Waals surface area contributed by atoms with Crippen molar-refractivity contribution < 1.29 is 4.74 Å². The monoisotopic (exact) mass is 328 g/mol. The molecule has 0 aromatic carbocycles. The number of fused-ring (bicyclic) bond motifs is 1. The summed E-state index contributed by atoms with van der Waals surface area (Å²) in [6.45, 7) is 2.74. The molecule has 0 spiro atoms. The SMILES string of the molecule is N=CC(C=NCC1CCCNC1)Oc1nc2cnccc2c(=O)[nH]1. The molecule has 1 aliphatic rings. The number of hydrogen-bond donors (Lipinski definition) is 3. The summed E-state index contributed by atoms with van der Waals surface area (Å²) < 4.78 is 5.54. The number of nitrogens with one attached hydrogen (secondary N) is 3. The van der Waals surface area contributed by atoms with Gasteiger partial charge in [0.2, 0.25) is 0 Å². The number of ether oxygens (including phenoxy) is 1. The fourth-order valence-electron chi connectivity index (χ4n) is 2.65. The van der Waals surface area contributed by atoms with Crippen LogP contribution in [0.2, 0.25) is 0 Å². The third kappa shape index (κ3) is 4.02. The number of rotatable bonds is 6. The molecule has 2 aromatic heterocycles. The van der Waals surface area contributed by atoms with Crippen molar-refractivity contribution in [3.05, 3.63) is 28.8 Å². The van der Waals surface area contributed by atoms with Gasteiger partial charge >= 0.3 is 0 Å². The Morgan fingerprint density at radius 2 is 2.46 bits per heavy atom. The molecule has 3 rings (SSSR count). The molecule has 1 fully saturated rings. The minimum atomic E-state index is -0.668. The van der Waals surface area contributed by atoms with Crippen LogP contribution in [0.3, 0.4) is 0 Å². The van der Waals surface area contributed by atoms with Gasteiger partial charge < -0.3 is 15.5 Å². The lowest BCUT2D eigenvalue weighted by Gasteiger charge is -2.20. The fraction of sp³-hybridized carbons (Fsp3) is 0.438. The zero-order valence-electron chi connectivity index (χ0n) is 13.2. The highest BCUT2D eigenvalue weighted by atomic mass is 16.5. The number of aliphatic imine (C=N–C) groups is 1. The van der Waals surface area contributed by atoms with Crippen LogP contribution >= 0.6 is 0 Å². The molecule has 0 bridgehead atoms. The van der Waals surface area contributed by atoms with E-state index in [-0.39, 0.29) is 11.6 Å². The number of nitrogens with zero attached hydrogens (tertiary/aromatic N) is 3. The number of aromatic nitrogens is 3. The van der Waals surface area contributed by atoms with Gasteiger partial charge in [0.05, 0.1) is 17.1 Å². The van der Waals surface area contributed by atoms with Crippen LogP contribution in [0.5, 0.6) is 6.01 Å². The topological polar surface area (TPSA) is 116 Å². The van der Waals surface area contributed by atoms with Gasteiger partial charge in [0.1, 0.15) is 0 Å². The lowest BCUT2D eigenvalue weighted by atomic mass is 10.0. The van der Waals surface area contributed by atoms with Gasteiger partial charge in [0, 0.05) is 25.2 Å². The van der Waals surface area contributed by atoms with Crippen molar-refractivity contribution in [2.24, 2.45) is 10.9 Å². The Morgan fingerprint density at radius 1 is 1.54 bits per heavy atom. The maximum Gasteiger partial charge on any atom is 0.298 e. The number of pyridine rings is 1. The Bertz CT molecular complexity index is 781. The highest BCUT2D eigenvalue weighted by Crippen LogP contribution is 2.10. The van der Waals surface area contributed by atoms with Gasteiger partial charge in [-0.3, -0.25) is 19.8 Å². The van der Waals surface area contributed by atoms with Crippen LogP contribution in [0.15, 0.2) is 28.2 Å². The standard InChI is InChI=1S/C16H20N6O2/c17-6-12(9-20-8-11-2-1-4-18-7-11)24-16-21-14-10-19-5-3-13(14)15(23)22-16/h3,5-6,9-12,17-18H,1-2,4,7-8H2,(H,21,22,23). The van der Waals surface area contributed by atoms with Gasteiger partial charge in [0.25, 0.3) is 11.6 Å². The first-order valence-corrected chi connectivity index (χ1v) is 7.98. The van der Waals surface area contributed by atoms with E-state index in [9.17, 15) is 4.79 Å². The van der Waals surface area contributed by atoms with E-state index in [1.807, 2.05) is 0 Å². The molecule has 0 aliphatic carbocycles. The molecule has 0 amide bonds. The van der Waals surface area contributed by atoms with Crippen molar-refractivity contribution >= 4 is 23.3 Å². The van der Waals surface area contributed by atoms with Gasteiger partial charge in [-0.2, -0.15) is 4.98 Å². The third-order valence-corrected chi connectivity index (χ3v) is 3.91. The molecule has 2 atom stereocenters. The van der Waals surface area contributed by atoms with Gasteiger partial charge in [-0.1, -0.05) is 0 Å². The average molecular weight is 328 g/mol. The van der Waals surface area contributed by atoms with Gasteiger partial charge in [-0.15, -0.1) is 0 Å². The second-order valence-corrected chi connectivity index (χ2v) is 5.74. The fourth-order valence-corrected chi connectivity index (χ4v) is 2.65. The van der Waals surface area contributed by atoms with E-state index >= 15 is 0 Å². The Hall–Kier alpha value is -2.61. The molecule has 2 aromatic rings. The van der Waals surface area contributed by atoms with E-state index in [0.29, 0.717) is 23.4 Å². The second kappa shape index (κ2) is 7.78. The predicted octanol–water partition coefficient (Wildman–Crippen LogP) is 0.785. The van der Waals surface area contributed by atoms with E-state index in [1.165, 1.54) is 18.8 Å². The van der Waals surface area contributed by atoms with Crippen LogP contribution in [-0.2, 0) is 0 Å². The van der Waals surface area contributed by atoms with Crippen molar-refractivity contribution in [2.45, 2.75) is 18.9 Å². The number of aromatic amines is 1. The minimum absolute atomic E-state index is 0.0554. The first-order valence-electron chi connectivity index (χ1n) is 7.98. The van der Waals surface area contributed by atoms with E-state index in [4.69, 9.17) is 10.1 Å². The van der Waals surface area contributed by atoms with E-state index in [2.05, 4.69) is 25.3 Å². The molecular formula is C16H20N6O2. The van der Waals surface area contributed by atoms with Crippen LogP contribution in [0.4, 0.5) is 0 Å². The Kier molecular flexibility index (Phi) is 5.27. The normalized spacial score (nSPS) is 19.4.